The van der Waals surface area contributed by atoms with Crippen LogP contribution in [0.3, 0.4) is 0 Å². The lowest BCUT2D eigenvalue weighted by Crippen LogP contribution is -2.31. The molecule has 1 aromatic heterocycles. The zero-order valence-electron chi connectivity index (χ0n) is 15.9. The van der Waals surface area contributed by atoms with Gasteiger partial charge in [-0.15, -0.1) is 0 Å². The van der Waals surface area contributed by atoms with Crippen LogP contribution in [0.15, 0.2) is 57.7 Å². The molecule has 0 fully saturated rings. The second kappa shape index (κ2) is 7.89. The van der Waals surface area contributed by atoms with Crippen molar-refractivity contribution in [1.29, 1.82) is 0 Å². The van der Waals surface area contributed by atoms with Crippen molar-refractivity contribution in [1.82, 2.24) is 5.32 Å². The number of carbonyl (C=O) groups excluding carboxylic acids is 1. The van der Waals surface area contributed by atoms with E-state index in [1.54, 1.807) is 24.3 Å². The molecule has 144 valence electrons. The van der Waals surface area contributed by atoms with Crippen molar-refractivity contribution in [2.45, 2.75) is 38.6 Å². The molecule has 1 N–H and O–H groups in total. The smallest absolute Gasteiger partial charge is 0.336 e. The second-order valence-corrected chi connectivity index (χ2v) is 7.27. The van der Waals surface area contributed by atoms with Crippen LogP contribution in [-0.4, -0.2) is 12.5 Å². The first-order valence-corrected chi connectivity index (χ1v) is 9.66. The minimum absolute atomic E-state index is 0.0852. The Kier molecular flexibility index (Phi) is 5.15. The number of hydrogen-bond acceptors (Lipinski definition) is 4. The third-order valence-corrected chi connectivity index (χ3v) is 5.21. The van der Waals surface area contributed by atoms with Gasteiger partial charge < -0.3 is 14.5 Å². The van der Waals surface area contributed by atoms with E-state index in [1.807, 2.05) is 6.92 Å². The van der Waals surface area contributed by atoms with Crippen molar-refractivity contribution >= 4 is 16.9 Å². The van der Waals surface area contributed by atoms with Gasteiger partial charge in [0.05, 0.1) is 6.04 Å². The van der Waals surface area contributed by atoms with Gasteiger partial charge in [-0.05, 0) is 67.5 Å². The summed E-state index contributed by atoms with van der Waals surface area (Å²) in [5.41, 5.74) is 3.97. The molecule has 5 heteroatoms. The summed E-state index contributed by atoms with van der Waals surface area (Å²) < 4.78 is 10.7. The summed E-state index contributed by atoms with van der Waals surface area (Å²) in [4.78, 5) is 23.6. The highest BCUT2D eigenvalue weighted by Gasteiger charge is 2.14. The van der Waals surface area contributed by atoms with E-state index < -0.39 is 5.63 Å². The largest absolute Gasteiger partial charge is 0.484 e. The Balaban J connectivity index is 1.37. The van der Waals surface area contributed by atoms with Crippen LogP contribution in [0.1, 0.15) is 42.5 Å². The number of fused-ring (bicyclic) bond motifs is 2. The molecule has 0 saturated carbocycles. The number of hydrogen-bond donors (Lipinski definition) is 1. The molecular formula is C23H23NO4. The molecule has 0 unspecified atom stereocenters. The van der Waals surface area contributed by atoms with Gasteiger partial charge in [0.2, 0.25) is 0 Å². The summed E-state index contributed by atoms with van der Waals surface area (Å²) in [6.07, 6.45) is 4.76. The SMILES string of the molecule is C[C@@H](NC(=O)COc1ccc2ccc(=O)oc2c1)c1ccc2c(c1)CCCC2. The van der Waals surface area contributed by atoms with E-state index in [9.17, 15) is 9.59 Å². The first-order valence-electron chi connectivity index (χ1n) is 9.66. The van der Waals surface area contributed by atoms with Gasteiger partial charge in [0, 0.05) is 17.5 Å². The summed E-state index contributed by atoms with van der Waals surface area (Å²) in [5.74, 6) is 0.290. The van der Waals surface area contributed by atoms with Gasteiger partial charge in [-0.2, -0.15) is 0 Å². The quantitative estimate of drug-likeness (QED) is 0.684. The molecular weight excluding hydrogens is 354 g/mol. The fraction of sp³-hybridized carbons (Fsp3) is 0.304. The van der Waals surface area contributed by atoms with Gasteiger partial charge in [-0.3, -0.25) is 4.79 Å². The lowest BCUT2D eigenvalue weighted by Gasteiger charge is -2.20. The normalized spacial score (nSPS) is 14.3. The summed E-state index contributed by atoms with van der Waals surface area (Å²) in [6.45, 7) is 1.88. The Morgan fingerprint density at radius 3 is 2.71 bits per heavy atom. The van der Waals surface area contributed by atoms with E-state index in [0.717, 1.165) is 23.8 Å². The van der Waals surface area contributed by atoms with Gasteiger partial charge in [-0.1, -0.05) is 18.2 Å². The van der Waals surface area contributed by atoms with E-state index in [-0.39, 0.29) is 18.6 Å². The molecule has 2 aromatic carbocycles. The molecule has 1 aliphatic rings. The Morgan fingerprint density at radius 1 is 1.07 bits per heavy atom. The van der Waals surface area contributed by atoms with Crippen LogP contribution in [0.2, 0.25) is 0 Å². The molecule has 3 aromatic rings. The van der Waals surface area contributed by atoms with Gasteiger partial charge in [0.25, 0.3) is 5.91 Å². The van der Waals surface area contributed by atoms with Gasteiger partial charge >= 0.3 is 5.63 Å². The zero-order chi connectivity index (χ0) is 19.5. The van der Waals surface area contributed by atoms with Crippen LogP contribution in [0.25, 0.3) is 11.0 Å². The number of ether oxygens (including phenoxy) is 1. The topological polar surface area (TPSA) is 68.5 Å². The molecule has 1 amide bonds. The Bertz CT molecular complexity index is 1070. The third kappa shape index (κ3) is 4.09. The average molecular weight is 377 g/mol. The highest BCUT2D eigenvalue weighted by molar-refractivity contribution is 5.79. The Labute approximate surface area is 163 Å². The molecule has 0 radical (unpaired) electrons. The van der Waals surface area contributed by atoms with Crippen LogP contribution in [0, 0.1) is 0 Å². The minimum Gasteiger partial charge on any atom is -0.484 e. The first-order chi connectivity index (χ1) is 13.6. The first kappa shape index (κ1) is 18.3. The van der Waals surface area contributed by atoms with E-state index in [0.29, 0.717) is 11.3 Å². The molecule has 0 bridgehead atoms. The van der Waals surface area contributed by atoms with Gasteiger partial charge in [0.15, 0.2) is 6.61 Å². The van der Waals surface area contributed by atoms with E-state index in [4.69, 9.17) is 9.15 Å². The van der Waals surface area contributed by atoms with Crippen LogP contribution < -0.4 is 15.7 Å². The van der Waals surface area contributed by atoms with Crippen molar-refractivity contribution < 1.29 is 13.9 Å². The highest BCUT2D eigenvalue weighted by atomic mass is 16.5. The summed E-state index contributed by atoms with van der Waals surface area (Å²) >= 11 is 0. The van der Waals surface area contributed by atoms with Gasteiger partial charge in [-0.25, -0.2) is 4.79 Å². The predicted molar refractivity (Wildman–Crippen MR) is 108 cm³/mol. The number of rotatable bonds is 5. The lowest BCUT2D eigenvalue weighted by atomic mass is 9.89. The van der Waals surface area contributed by atoms with Crippen LogP contribution in [-0.2, 0) is 17.6 Å². The molecule has 0 spiro atoms. The van der Waals surface area contributed by atoms with E-state index in [1.165, 1.54) is 30.0 Å². The molecule has 1 heterocycles. The second-order valence-electron chi connectivity index (χ2n) is 7.27. The van der Waals surface area contributed by atoms with E-state index >= 15 is 0 Å². The molecule has 1 atom stereocenters. The monoisotopic (exact) mass is 377 g/mol. The van der Waals surface area contributed by atoms with Crippen molar-refractivity contribution in [3.05, 3.63) is 75.6 Å². The van der Waals surface area contributed by atoms with Gasteiger partial charge in [0.1, 0.15) is 11.3 Å². The molecule has 4 rings (SSSR count). The summed E-state index contributed by atoms with van der Waals surface area (Å²) in [7, 11) is 0. The predicted octanol–water partition coefficient (Wildman–Crippen LogP) is 3.93. The molecule has 1 aliphatic carbocycles. The molecule has 5 nitrogen and oxygen atoms in total. The average Bonchev–Trinajstić information content (AvgIpc) is 2.71. The summed E-state index contributed by atoms with van der Waals surface area (Å²) in [6, 6.07) is 14.6. The van der Waals surface area contributed by atoms with Crippen molar-refractivity contribution in [2.24, 2.45) is 0 Å². The van der Waals surface area contributed by atoms with Crippen LogP contribution >= 0.6 is 0 Å². The zero-order valence-corrected chi connectivity index (χ0v) is 15.9. The maximum atomic E-state index is 12.3. The maximum Gasteiger partial charge on any atom is 0.336 e. The number of aryl methyl sites for hydroxylation is 2. The number of amides is 1. The third-order valence-electron chi connectivity index (χ3n) is 5.21. The van der Waals surface area contributed by atoms with Crippen molar-refractivity contribution in [3.8, 4) is 5.75 Å². The maximum absolute atomic E-state index is 12.3. The van der Waals surface area contributed by atoms with Crippen molar-refractivity contribution in [3.63, 3.8) is 0 Å². The molecule has 28 heavy (non-hydrogen) atoms. The van der Waals surface area contributed by atoms with Crippen molar-refractivity contribution in [2.75, 3.05) is 6.61 Å². The van der Waals surface area contributed by atoms with Crippen LogP contribution in [0.4, 0.5) is 0 Å². The van der Waals surface area contributed by atoms with Crippen LogP contribution in [0.5, 0.6) is 5.75 Å². The fourth-order valence-corrected chi connectivity index (χ4v) is 3.67. The fourth-order valence-electron chi connectivity index (χ4n) is 3.67. The number of benzene rings is 2. The molecule has 0 aliphatic heterocycles. The highest BCUT2D eigenvalue weighted by Crippen LogP contribution is 2.25. The van der Waals surface area contributed by atoms with E-state index in [2.05, 4.69) is 23.5 Å². The number of carbonyl (C=O) groups is 1. The molecule has 0 saturated heterocycles. The number of nitrogens with one attached hydrogen (secondary N) is 1. The summed E-state index contributed by atoms with van der Waals surface area (Å²) in [5, 5.41) is 3.79. The standard InChI is InChI=1S/C23H23NO4/c1-15(18-7-6-16-4-2-3-5-19(16)12-18)24-22(25)14-27-20-10-8-17-9-11-23(26)28-21(17)13-20/h6-13,15H,2-5,14H2,1H3,(H,24,25)/t15-/m1/s1. The minimum atomic E-state index is -0.415. The lowest BCUT2D eigenvalue weighted by molar-refractivity contribution is -0.123. The Hall–Kier alpha value is -3.08. The Morgan fingerprint density at radius 2 is 1.86 bits per heavy atom.